The number of hydrogen-bond acceptors (Lipinski definition) is 4. The molecule has 16 heavy (non-hydrogen) atoms. The van der Waals surface area contributed by atoms with Gasteiger partial charge in [0.2, 0.25) is 0 Å². The fourth-order valence-corrected chi connectivity index (χ4v) is 1.29. The van der Waals surface area contributed by atoms with Crippen molar-refractivity contribution in [2.24, 2.45) is 0 Å². The average Bonchev–Trinajstić information content (AvgIpc) is 2.59. The SMILES string of the molecule is O=C1NC(=O)C(CONc2ccccc2)N1. The first kappa shape index (κ1) is 10.4. The first-order valence-electron chi connectivity index (χ1n) is 4.80. The van der Waals surface area contributed by atoms with Crippen LogP contribution in [0.4, 0.5) is 10.5 Å². The Morgan fingerprint density at radius 3 is 2.62 bits per heavy atom. The number of carbonyl (C=O) groups is 2. The molecule has 1 aromatic carbocycles. The number of imide groups is 1. The second-order valence-corrected chi connectivity index (χ2v) is 3.29. The number of nitrogens with one attached hydrogen (secondary N) is 3. The Morgan fingerprint density at radius 2 is 2.00 bits per heavy atom. The van der Waals surface area contributed by atoms with Gasteiger partial charge < -0.3 is 5.32 Å². The van der Waals surface area contributed by atoms with Crippen molar-refractivity contribution in [2.75, 3.05) is 12.1 Å². The van der Waals surface area contributed by atoms with Gasteiger partial charge in [0.25, 0.3) is 5.91 Å². The van der Waals surface area contributed by atoms with E-state index in [4.69, 9.17) is 4.84 Å². The molecule has 1 aliphatic rings. The predicted molar refractivity (Wildman–Crippen MR) is 56.5 cm³/mol. The predicted octanol–water partition coefficient (Wildman–Crippen LogP) is 0.238. The average molecular weight is 221 g/mol. The molecular weight excluding hydrogens is 210 g/mol. The van der Waals surface area contributed by atoms with Crippen molar-refractivity contribution in [3.63, 3.8) is 0 Å². The first-order chi connectivity index (χ1) is 7.75. The summed E-state index contributed by atoms with van der Waals surface area (Å²) in [5.74, 6) is -0.375. The lowest BCUT2D eigenvalue weighted by Gasteiger charge is -2.09. The molecule has 0 saturated carbocycles. The van der Waals surface area contributed by atoms with Gasteiger partial charge in [-0.2, -0.15) is 0 Å². The normalized spacial score (nSPS) is 19.1. The van der Waals surface area contributed by atoms with Crippen LogP contribution in [0.1, 0.15) is 0 Å². The van der Waals surface area contributed by atoms with E-state index in [1.165, 1.54) is 0 Å². The molecule has 0 spiro atoms. The van der Waals surface area contributed by atoms with E-state index in [-0.39, 0.29) is 12.5 Å². The Balaban J connectivity index is 1.76. The number of benzene rings is 1. The summed E-state index contributed by atoms with van der Waals surface area (Å²) >= 11 is 0. The molecular formula is C10H11N3O3. The van der Waals surface area contributed by atoms with Gasteiger partial charge in [-0.25, -0.2) is 4.79 Å². The lowest BCUT2D eigenvalue weighted by atomic mass is 10.3. The standard InChI is InChI=1S/C10H11N3O3/c14-9-8(11-10(15)12-9)6-16-13-7-4-2-1-3-5-7/h1-5,8,13H,6H2,(H2,11,12,14,15). The minimum atomic E-state index is -0.635. The molecule has 0 radical (unpaired) electrons. The summed E-state index contributed by atoms with van der Waals surface area (Å²) in [6.45, 7) is 0.0759. The zero-order chi connectivity index (χ0) is 11.4. The zero-order valence-electron chi connectivity index (χ0n) is 8.40. The topological polar surface area (TPSA) is 79.5 Å². The molecule has 3 N–H and O–H groups in total. The fourth-order valence-electron chi connectivity index (χ4n) is 1.29. The fraction of sp³-hybridized carbons (Fsp3) is 0.200. The van der Waals surface area contributed by atoms with Crippen LogP contribution in [0.3, 0.4) is 0 Å². The van der Waals surface area contributed by atoms with Crippen LogP contribution >= 0.6 is 0 Å². The Hall–Kier alpha value is -2.08. The molecule has 0 aromatic heterocycles. The molecule has 6 nitrogen and oxygen atoms in total. The lowest BCUT2D eigenvalue weighted by Crippen LogP contribution is -2.34. The second kappa shape index (κ2) is 4.63. The molecule has 1 unspecified atom stereocenters. The van der Waals surface area contributed by atoms with Crippen molar-refractivity contribution in [3.8, 4) is 0 Å². The van der Waals surface area contributed by atoms with Crippen LogP contribution in [0.15, 0.2) is 30.3 Å². The van der Waals surface area contributed by atoms with E-state index in [0.717, 1.165) is 5.69 Å². The first-order valence-corrected chi connectivity index (χ1v) is 4.80. The number of urea groups is 1. The lowest BCUT2D eigenvalue weighted by molar-refractivity contribution is -0.121. The molecule has 1 atom stereocenters. The van der Waals surface area contributed by atoms with E-state index >= 15 is 0 Å². The van der Waals surface area contributed by atoms with Crippen molar-refractivity contribution in [2.45, 2.75) is 6.04 Å². The minimum Gasteiger partial charge on any atom is -0.324 e. The molecule has 1 aromatic rings. The van der Waals surface area contributed by atoms with E-state index in [1.54, 1.807) is 0 Å². The van der Waals surface area contributed by atoms with Gasteiger partial charge in [0.15, 0.2) is 0 Å². The van der Waals surface area contributed by atoms with Crippen molar-refractivity contribution in [1.29, 1.82) is 0 Å². The summed E-state index contributed by atoms with van der Waals surface area (Å²) in [6.07, 6.45) is 0. The van der Waals surface area contributed by atoms with Crippen molar-refractivity contribution >= 4 is 17.6 Å². The number of carbonyl (C=O) groups excluding carboxylic acids is 2. The molecule has 3 amide bonds. The van der Waals surface area contributed by atoms with Gasteiger partial charge in [0.05, 0.1) is 5.69 Å². The van der Waals surface area contributed by atoms with Crippen LogP contribution in [0.25, 0.3) is 0 Å². The number of amides is 3. The van der Waals surface area contributed by atoms with E-state index < -0.39 is 12.1 Å². The summed E-state index contributed by atoms with van der Waals surface area (Å²) in [4.78, 5) is 27.0. The van der Waals surface area contributed by atoms with E-state index in [9.17, 15) is 9.59 Å². The molecule has 0 bridgehead atoms. The molecule has 1 aliphatic heterocycles. The maximum absolute atomic E-state index is 11.1. The highest BCUT2D eigenvalue weighted by Gasteiger charge is 2.29. The minimum absolute atomic E-state index is 0.0759. The maximum atomic E-state index is 11.1. The summed E-state index contributed by atoms with van der Waals surface area (Å²) in [7, 11) is 0. The number of hydrogen-bond donors (Lipinski definition) is 3. The smallest absolute Gasteiger partial charge is 0.322 e. The molecule has 84 valence electrons. The summed E-state index contributed by atoms with van der Waals surface area (Å²) in [6, 6.07) is 8.13. The van der Waals surface area contributed by atoms with E-state index in [2.05, 4.69) is 16.1 Å². The third-order valence-electron chi connectivity index (χ3n) is 2.07. The molecule has 1 fully saturated rings. The van der Waals surface area contributed by atoms with Crippen LogP contribution in [-0.2, 0) is 9.63 Å². The monoisotopic (exact) mass is 221 g/mol. The van der Waals surface area contributed by atoms with Gasteiger partial charge in [-0.3, -0.25) is 20.4 Å². The third kappa shape index (κ3) is 2.48. The molecule has 2 rings (SSSR count). The van der Waals surface area contributed by atoms with Crippen molar-refractivity contribution in [3.05, 3.63) is 30.3 Å². The number of anilines is 1. The Labute approximate surface area is 91.9 Å². The quantitative estimate of drug-likeness (QED) is 0.502. The molecule has 0 aliphatic carbocycles. The van der Waals surface area contributed by atoms with Crippen LogP contribution in [0.5, 0.6) is 0 Å². The van der Waals surface area contributed by atoms with Crippen LogP contribution in [0.2, 0.25) is 0 Å². The van der Waals surface area contributed by atoms with Crippen LogP contribution in [0, 0.1) is 0 Å². The maximum Gasteiger partial charge on any atom is 0.322 e. The second-order valence-electron chi connectivity index (χ2n) is 3.29. The summed E-state index contributed by atoms with van der Waals surface area (Å²) in [5, 5.41) is 4.54. The highest BCUT2D eigenvalue weighted by Crippen LogP contribution is 2.05. The van der Waals surface area contributed by atoms with Gasteiger partial charge in [-0.15, -0.1) is 0 Å². The third-order valence-corrected chi connectivity index (χ3v) is 2.07. The highest BCUT2D eigenvalue weighted by atomic mass is 16.6. The number of para-hydroxylation sites is 1. The largest absolute Gasteiger partial charge is 0.324 e. The summed E-state index contributed by atoms with van der Waals surface area (Å²) < 4.78 is 0. The molecule has 1 heterocycles. The number of rotatable bonds is 4. The Bertz CT molecular complexity index is 394. The van der Waals surface area contributed by atoms with Gasteiger partial charge in [0.1, 0.15) is 12.6 Å². The van der Waals surface area contributed by atoms with Gasteiger partial charge in [0, 0.05) is 0 Å². The van der Waals surface area contributed by atoms with E-state index in [1.807, 2.05) is 30.3 Å². The molecule has 6 heteroatoms. The van der Waals surface area contributed by atoms with E-state index in [0.29, 0.717) is 0 Å². The van der Waals surface area contributed by atoms with Gasteiger partial charge in [-0.1, -0.05) is 18.2 Å². The molecule has 1 saturated heterocycles. The van der Waals surface area contributed by atoms with Crippen LogP contribution in [-0.4, -0.2) is 24.6 Å². The Morgan fingerprint density at radius 1 is 1.25 bits per heavy atom. The van der Waals surface area contributed by atoms with Crippen LogP contribution < -0.4 is 16.1 Å². The zero-order valence-corrected chi connectivity index (χ0v) is 8.40. The highest BCUT2D eigenvalue weighted by molar-refractivity contribution is 6.04. The Kier molecular flexibility index (Phi) is 3.02. The van der Waals surface area contributed by atoms with Crippen molar-refractivity contribution < 1.29 is 14.4 Å². The summed E-state index contributed by atoms with van der Waals surface area (Å²) in [5.41, 5.74) is 3.46. The van der Waals surface area contributed by atoms with Gasteiger partial charge >= 0.3 is 6.03 Å². The van der Waals surface area contributed by atoms with Gasteiger partial charge in [-0.05, 0) is 12.1 Å². The van der Waals surface area contributed by atoms with Crippen molar-refractivity contribution in [1.82, 2.24) is 10.6 Å².